The first-order valence-corrected chi connectivity index (χ1v) is 8.90. The molecule has 0 fully saturated rings. The lowest BCUT2D eigenvalue weighted by atomic mass is 9.91. The highest BCUT2D eigenvalue weighted by Crippen LogP contribution is 2.38. The monoisotopic (exact) mass is 410 g/mol. The number of alkyl halides is 3. The van der Waals surface area contributed by atoms with Crippen LogP contribution in [0.2, 0.25) is 0 Å². The van der Waals surface area contributed by atoms with Crippen LogP contribution in [0.5, 0.6) is 0 Å². The highest BCUT2D eigenvalue weighted by atomic mass is 19.4. The van der Waals surface area contributed by atoms with Gasteiger partial charge in [-0.3, -0.25) is 0 Å². The molecule has 0 unspecified atom stereocenters. The molecule has 3 aromatic heterocycles. The molecule has 3 aromatic rings. The number of halogens is 3. The van der Waals surface area contributed by atoms with Crippen LogP contribution >= 0.6 is 0 Å². The number of pyridine rings is 1. The molecule has 3 heterocycles. The predicted molar refractivity (Wildman–Crippen MR) is 102 cm³/mol. The van der Waals surface area contributed by atoms with Crippen LogP contribution in [0, 0.1) is 0 Å². The summed E-state index contributed by atoms with van der Waals surface area (Å²) < 4.78 is 39.8. The van der Waals surface area contributed by atoms with Gasteiger partial charge in [-0.15, -0.1) is 0 Å². The minimum Gasteiger partial charge on any atom is -0.394 e. The molecule has 0 spiro atoms. The number of fused-ring (bicyclic) bond motifs is 1. The van der Waals surface area contributed by atoms with Crippen molar-refractivity contribution in [1.29, 1.82) is 0 Å². The van der Waals surface area contributed by atoms with Crippen LogP contribution in [0.25, 0.3) is 22.3 Å². The molecule has 2 atom stereocenters. The van der Waals surface area contributed by atoms with Gasteiger partial charge in [0.15, 0.2) is 5.60 Å². The van der Waals surface area contributed by atoms with E-state index in [1.807, 2.05) is 0 Å². The third-order valence-corrected chi connectivity index (χ3v) is 4.80. The molecule has 0 saturated heterocycles. The third kappa shape index (κ3) is 4.10. The first kappa shape index (κ1) is 20.8. The normalized spacial score (nSPS) is 15.2. The molecule has 6 N–H and O–H groups in total. The Bertz CT molecular complexity index is 993. The SMILES string of the molecule is CC[C@@](O)(C[C@@H](CO)Nc1ccnc2[nH]cc(-c3ccnc(N)n3)c12)C(F)(F)F. The number of aromatic amines is 1. The van der Waals surface area contributed by atoms with E-state index in [4.69, 9.17) is 5.73 Å². The van der Waals surface area contributed by atoms with Gasteiger partial charge in [0.05, 0.1) is 23.7 Å². The number of anilines is 2. The van der Waals surface area contributed by atoms with E-state index >= 15 is 0 Å². The Kier molecular flexibility index (Phi) is 5.62. The van der Waals surface area contributed by atoms with Gasteiger partial charge < -0.3 is 26.2 Å². The first-order chi connectivity index (χ1) is 13.7. The molecule has 3 rings (SSSR count). The smallest absolute Gasteiger partial charge is 0.394 e. The molecular formula is C18H21F3N6O2. The first-order valence-electron chi connectivity index (χ1n) is 8.90. The van der Waals surface area contributed by atoms with Gasteiger partial charge in [0.25, 0.3) is 0 Å². The van der Waals surface area contributed by atoms with Gasteiger partial charge >= 0.3 is 6.18 Å². The summed E-state index contributed by atoms with van der Waals surface area (Å²) in [5.41, 5.74) is 4.75. The van der Waals surface area contributed by atoms with Crippen LogP contribution in [0.4, 0.5) is 24.8 Å². The molecule has 0 amide bonds. The summed E-state index contributed by atoms with van der Waals surface area (Å²) in [7, 11) is 0. The van der Waals surface area contributed by atoms with E-state index in [1.54, 1.807) is 18.3 Å². The van der Waals surface area contributed by atoms with Gasteiger partial charge in [-0.05, 0) is 18.6 Å². The number of H-pyrrole nitrogens is 1. The Hall–Kier alpha value is -2.92. The average Bonchev–Trinajstić information content (AvgIpc) is 3.11. The van der Waals surface area contributed by atoms with E-state index in [-0.39, 0.29) is 5.95 Å². The Morgan fingerprint density at radius 3 is 2.59 bits per heavy atom. The van der Waals surface area contributed by atoms with Crippen LogP contribution in [0.15, 0.2) is 30.7 Å². The highest BCUT2D eigenvalue weighted by molar-refractivity contribution is 6.01. The largest absolute Gasteiger partial charge is 0.417 e. The average molecular weight is 410 g/mol. The molecule has 0 radical (unpaired) electrons. The minimum atomic E-state index is -4.82. The maximum Gasteiger partial charge on any atom is 0.417 e. The quantitative estimate of drug-likeness (QED) is 0.404. The number of nitrogens with two attached hydrogens (primary N) is 1. The van der Waals surface area contributed by atoms with Crippen LogP contribution in [-0.2, 0) is 0 Å². The second-order valence-corrected chi connectivity index (χ2v) is 6.70. The maximum atomic E-state index is 13.3. The summed E-state index contributed by atoms with van der Waals surface area (Å²) in [4.78, 5) is 15.2. The predicted octanol–water partition coefficient (Wildman–Crippen LogP) is 2.47. The van der Waals surface area contributed by atoms with E-state index < -0.39 is 37.3 Å². The zero-order valence-corrected chi connectivity index (χ0v) is 15.5. The van der Waals surface area contributed by atoms with E-state index in [0.717, 1.165) is 0 Å². The lowest BCUT2D eigenvalue weighted by molar-refractivity contribution is -0.264. The fraction of sp³-hybridized carbons (Fsp3) is 0.389. The number of nitrogens with one attached hydrogen (secondary N) is 2. The molecule has 0 aliphatic carbocycles. The summed E-state index contributed by atoms with van der Waals surface area (Å²) in [6.07, 6.45) is -1.45. The fourth-order valence-electron chi connectivity index (χ4n) is 3.15. The second kappa shape index (κ2) is 7.84. The Balaban J connectivity index is 1.98. The molecule has 8 nitrogen and oxygen atoms in total. The lowest BCUT2D eigenvalue weighted by Gasteiger charge is -2.33. The van der Waals surface area contributed by atoms with E-state index in [1.165, 1.54) is 19.3 Å². The number of rotatable bonds is 7. The molecule has 11 heteroatoms. The maximum absolute atomic E-state index is 13.3. The van der Waals surface area contributed by atoms with Crippen molar-refractivity contribution < 1.29 is 23.4 Å². The number of hydrogen-bond donors (Lipinski definition) is 5. The number of aromatic nitrogens is 4. The third-order valence-electron chi connectivity index (χ3n) is 4.80. The van der Waals surface area contributed by atoms with Crippen molar-refractivity contribution in [2.45, 2.75) is 37.6 Å². The fourth-order valence-corrected chi connectivity index (χ4v) is 3.15. The Labute approximate surface area is 164 Å². The van der Waals surface area contributed by atoms with Gasteiger partial charge in [0.2, 0.25) is 5.95 Å². The van der Waals surface area contributed by atoms with Crippen molar-refractivity contribution in [2.75, 3.05) is 17.7 Å². The number of aliphatic hydroxyl groups excluding tert-OH is 1. The molecule has 0 aliphatic heterocycles. The lowest BCUT2D eigenvalue weighted by Crippen LogP contribution is -2.49. The zero-order valence-electron chi connectivity index (χ0n) is 15.5. The van der Waals surface area contributed by atoms with Crippen LogP contribution < -0.4 is 11.1 Å². The molecule has 0 bridgehead atoms. The van der Waals surface area contributed by atoms with Crippen molar-refractivity contribution in [3.8, 4) is 11.3 Å². The summed E-state index contributed by atoms with van der Waals surface area (Å²) in [6.45, 7) is 0.638. The molecule has 156 valence electrons. The Morgan fingerprint density at radius 1 is 1.24 bits per heavy atom. The van der Waals surface area contributed by atoms with Crippen LogP contribution in [0.1, 0.15) is 19.8 Å². The van der Waals surface area contributed by atoms with Gasteiger partial charge in [-0.25, -0.2) is 15.0 Å². The van der Waals surface area contributed by atoms with E-state index in [0.29, 0.717) is 28.0 Å². The van der Waals surface area contributed by atoms with Gasteiger partial charge in [0, 0.05) is 36.3 Å². The summed E-state index contributed by atoms with van der Waals surface area (Å²) >= 11 is 0. The van der Waals surface area contributed by atoms with Crippen molar-refractivity contribution in [3.63, 3.8) is 0 Å². The van der Waals surface area contributed by atoms with Crippen LogP contribution in [0.3, 0.4) is 0 Å². The summed E-state index contributed by atoms with van der Waals surface area (Å²) in [6, 6.07) is 2.16. The van der Waals surface area contributed by atoms with Crippen molar-refractivity contribution >= 4 is 22.7 Å². The molecular weight excluding hydrogens is 389 g/mol. The van der Waals surface area contributed by atoms with Crippen LogP contribution in [-0.4, -0.2) is 54.6 Å². The van der Waals surface area contributed by atoms with Gasteiger partial charge in [-0.2, -0.15) is 13.2 Å². The Morgan fingerprint density at radius 2 is 1.97 bits per heavy atom. The number of hydrogen-bond acceptors (Lipinski definition) is 7. The number of nitrogens with zero attached hydrogens (tertiary/aromatic N) is 3. The minimum absolute atomic E-state index is 0.0710. The van der Waals surface area contributed by atoms with Crippen molar-refractivity contribution in [3.05, 3.63) is 30.7 Å². The van der Waals surface area contributed by atoms with Gasteiger partial charge in [0.1, 0.15) is 5.65 Å². The number of nitrogen functional groups attached to an aromatic ring is 1. The standard InChI is InChI=1S/C18H21F3N6O2/c1-2-17(29,18(19,20)21)7-10(9-28)26-13-4-5-23-15-14(13)11(8-25-15)12-3-6-24-16(22)27-12/h3-6,8,10,28-29H,2,7,9H2,1H3,(H2,22,24,27)(H2,23,25,26)/t10-,17+/m0/s1. The topological polar surface area (TPSA) is 133 Å². The van der Waals surface area contributed by atoms with E-state index in [9.17, 15) is 23.4 Å². The molecule has 29 heavy (non-hydrogen) atoms. The van der Waals surface area contributed by atoms with Gasteiger partial charge in [-0.1, -0.05) is 6.92 Å². The summed E-state index contributed by atoms with van der Waals surface area (Å²) in [5.74, 6) is 0.0710. The zero-order chi connectivity index (χ0) is 21.2. The second-order valence-electron chi connectivity index (χ2n) is 6.70. The van der Waals surface area contributed by atoms with Crippen molar-refractivity contribution in [1.82, 2.24) is 19.9 Å². The highest BCUT2D eigenvalue weighted by Gasteiger charge is 2.53. The number of aliphatic hydroxyl groups is 2. The summed E-state index contributed by atoms with van der Waals surface area (Å²) in [5, 5.41) is 23.2. The molecule has 0 aromatic carbocycles. The molecule has 0 saturated carbocycles. The van der Waals surface area contributed by atoms with Crippen molar-refractivity contribution in [2.24, 2.45) is 0 Å². The molecule has 0 aliphatic rings. The van der Waals surface area contributed by atoms with E-state index in [2.05, 4.69) is 25.3 Å².